The van der Waals surface area contributed by atoms with Gasteiger partial charge in [-0.3, -0.25) is 0 Å². The molecule has 1 unspecified atom stereocenters. The molecule has 4 heteroatoms. The van der Waals surface area contributed by atoms with Gasteiger partial charge in [-0.15, -0.1) is 0 Å². The number of hydrogen-bond donors (Lipinski definition) is 2. The molecule has 0 radical (unpaired) electrons. The third-order valence-electron chi connectivity index (χ3n) is 0.648. The Morgan fingerprint density at radius 3 is 2.62 bits per heavy atom. The number of nitrogens with two attached hydrogens (primary N) is 1. The van der Waals surface area contributed by atoms with Gasteiger partial charge in [0.25, 0.3) is 0 Å². The molecular weight excluding hydrogens is 110 g/mol. The molecule has 0 aromatic heterocycles. The van der Waals surface area contributed by atoms with Gasteiger partial charge in [-0.25, -0.2) is 5.90 Å². The van der Waals surface area contributed by atoms with Crippen LogP contribution in [0.25, 0.3) is 0 Å². The van der Waals surface area contributed by atoms with Gasteiger partial charge in [0.1, 0.15) is 6.10 Å². The van der Waals surface area contributed by atoms with Crippen LogP contribution in [0.2, 0.25) is 0 Å². The van der Waals surface area contributed by atoms with Crippen LogP contribution in [0.1, 0.15) is 0 Å². The van der Waals surface area contributed by atoms with Crippen molar-refractivity contribution in [3.63, 3.8) is 0 Å². The normalized spacial score (nSPS) is 13.9. The maximum absolute atomic E-state index is 8.72. The van der Waals surface area contributed by atoms with Crippen molar-refractivity contribution in [1.82, 2.24) is 0 Å². The Labute approximate surface area is 48.1 Å². The van der Waals surface area contributed by atoms with Crippen LogP contribution in [0, 0.1) is 0 Å². The summed E-state index contributed by atoms with van der Waals surface area (Å²) in [5.74, 6) is 4.64. The molecule has 0 bridgehead atoms. The van der Waals surface area contributed by atoms with E-state index in [0.717, 1.165) is 0 Å². The molecule has 0 heterocycles. The molecule has 8 heavy (non-hydrogen) atoms. The lowest BCUT2D eigenvalue weighted by Gasteiger charge is -2.05. The second-order valence-electron chi connectivity index (χ2n) is 1.44. The van der Waals surface area contributed by atoms with Gasteiger partial charge in [0.2, 0.25) is 0 Å². The Balaban J connectivity index is 2.92. The first-order chi connectivity index (χ1) is 3.81. The zero-order chi connectivity index (χ0) is 6.41. The zero-order valence-corrected chi connectivity index (χ0v) is 4.83. The summed E-state index contributed by atoms with van der Waals surface area (Å²) in [5, 5.41) is 8.72. The molecule has 0 fully saturated rings. The van der Waals surface area contributed by atoms with Crippen molar-refractivity contribution in [2.75, 3.05) is 20.3 Å². The summed E-state index contributed by atoms with van der Waals surface area (Å²) in [6.45, 7) is 0.380. The van der Waals surface area contributed by atoms with Crippen molar-refractivity contribution < 1.29 is 14.7 Å². The molecule has 0 aliphatic rings. The highest BCUT2D eigenvalue weighted by Crippen LogP contribution is 1.80. The minimum Gasteiger partial charge on any atom is -0.388 e. The van der Waals surface area contributed by atoms with Crippen molar-refractivity contribution in [2.24, 2.45) is 5.90 Å². The van der Waals surface area contributed by atoms with E-state index in [9.17, 15) is 0 Å². The van der Waals surface area contributed by atoms with E-state index >= 15 is 0 Å². The van der Waals surface area contributed by atoms with Crippen LogP contribution in [0.4, 0.5) is 0 Å². The average molecular weight is 121 g/mol. The van der Waals surface area contributed by atoms with Gasteiger partial charge >= 0.3 is 0 Å². The molecule has 0 spiro atoms. The Morgan fingerprint density at radius 2 is 2.25 bits per heavy atom. The summed E-state index contributed by atoms with van der Waals surface area (Å²) >= 11 is 0. The third-order valence-corrected chi connectivity index (χ3v) is 0.648. The lowest BCUT2D eigenvalue weighted by atomic mass is 10.4. The maximum atomic E-state index is 8.72. The monoisotopic (exact) mass is 121 g/mol. The molecule has 50 valence electrons. The molecule has 0 aliphatic heterocycles. The van der Waals surface area contributed by atoms with E-state index < -0.39 is 6.10 Å². The van der Waals surface area contributed by atoms with Gasteiger partial charge in [0.15, 0.2) is 0 Å². The van der Waals surface area contributed by atoms with Crippen LogP contribution >= 0.6 is 0 Å². The highest BCUT2D eigenvalue weighted by atomic mass is 16.6. The molecule has 4 nitrogen and oxygen atoms in total. The van der Waals surface area contributed by atoms with Crippen molar-refractivity contribution in [3.8, 4) is 0 Å². The standard InChI is InChI=1S/C4H11NO3/c1-7-2-4(6)3-8-5/h4,6H,2-3,5H2,1H3. The van der Waals surface area contributed by atoms with Gasteiger partial charge in [-0.05, 0) is 0 Å². The summed E-state index contributed by atoms with van der Waals surface area (Å²) in [6, 6.07) is 0. The zero-order valence-electron chi connectivity index (χ0n) is 4.83. The van der Waals surface area contributed by atoms with Crippen molar-refractivity contribution in [1.29, 1.82) is 0 Å². The number of aliphatic hydroxyl groups excluding tert-OH is 1. The lowest BCUT2D eigenvalue weighted by Crippen LogP contribution is -2.22. The molecule has 0 amide bonds. The third kappa shape index (κ3) is 4.01. The highest BCUT2D eigenvalue weighted by Gasteiger charge is 1.99. The first-order valence-corrected chi connectivity index (χ1v) is 2.30. The minimum absolute atomic E-state index is 0.119. The van der Waals surface area contributed by atoms with Crippen LogP contribution in [0.15, 0.2) is 0 Å². The molecule has 3 N–H and O–H groups in total. The van der Waals surface area contributed by atoms with Gasteiger partial charge in [0.05, 0.1) is 13.2 Å². The summed E-state index contributed by atoms with van der Waals surface area (Å²) < 4.78 is 4.57. The predicted octanol–water partition coefficient (Wildman–Crippen LogP) is -1.12. The van der Waals surface area contributed by atoms with Crippen LogP contribution in [-0.2, 0) is 9.57 Å². The van der Waals surface area contributed by atoms with Gasteiger partial charge in [-0.1, -0.05) is 0 Å². The largest absolute Gasteiger partial charge is 0.388 e. The predicted molar refractivity (Wildman–Crippen MR) is 28.0 cm³/mol. The number of hydrogen-bond acceptors (Lipinski definition) is 4. The summed E-state index contributed by atoms with van der Waals surface area (Å²) in [6.07, 6.45) is -0.606. The maximum Gasteiger partial charge on any atom is 0.103 e. The number of ether oxygens (including phenoxy) is 1. The van der Waals surface area contributed by atoms with Crippen LogP contribution in [0.5, 0.6) is 0 Å². The fourth-order valence-electron chi connectivity index (χ4n) is 0.352. The summed E-state index contributed by atoms with van der Waals surface area (Å²) in [7, 11) is 1.50. The van der Waals surface area contributed by atoms with Crippen molar-refractivity contribution in [2.45, 2.75) is 6.10 Å². The summed E-state index contributed by atoms with van der Waals surface area (Å²) in [4.78, 5) is 4.13. The smallest absolute Gasteiger partial charge is 0.103 e. The van der Waals surface area contributed by atoms with E-state index in [4.69, 9.17) is 5.11 Å². The van der Waals surface area contributed by atoms with E-state index in [1.165, 1.54) is 7.11 Å². The van der Waals surface area contributed by atoms with Crippen LogP contribution in [-0.4, -0.2) is 31.5 Å². The van der Waals surface area contributed by atoms with Gasteiger partial charge in [-0.2, -0.15) is 0 Å². The first kappa shape index (κ1) is 7.84. The fourth-order valence-corrected chi connectivity index (χ4v) is 0.352. The molecule has 0 aliphatic carbocycles. The SMILES string of the molecule is COCC(O)CON. The Kier molecular flexibility index (Phi) is 4.89. The Morgan fingerprint density at radius 1 is 1.62 bits per heavy atom. The highest BCUT2D eigenvalue weighted by molar-refractivity contribution is 4.47. The molecule has 0 saturated heterocycles. The Hall–Kier alpha value is -0.160. The van der Waals surface area contributed by atoms with Crippen molar-refractivity contribution in [3.05, 3.63) is 0 Å². The van der Waals surface area contributed by atoms with Crippen molar-refractivity contribution >= 4 is 0 Å². The molecule has 0 aromatic rings. The minimum atomic E-state index is -0.606. The summed E-state index contributed by atoms with van der Waals surface area (Å²) in [5.41, 5.74) is 0. The molecule has 0 rings (SSSR count). The molecular formula is C4H11NO3. The van der Waals surface area contributed by atoms with E-state index in [1.54, 1.807) is 0 Å². The van der Waals surface area contributed by atoms with E-state index in [0.29, 0.717) is 0 Å². The second kappa shape index (κ2) is 4.99. The Bertz CT molecular complexity index is 44.5. The van der Waals surface area contributed by atoms with Gasteiger partial charge < -0.3 is 14.7 Å². The van der Waals surface area contributed by atoms with Crippen LogP contribution in [0.3, 0.4) is 0 Å². The quantitative estimate of drug-likeness (QED) is 0.462. The topological polar surface area (TPSA) is 64.7 Å². The van der Waals surface area contributed by atoms with Gasteiger partial charge in [0, 0.05) is 7.11 Å². The second-order valence-corrected chi connectivity index (χ2v) is 1.44. The first-order valence-electron chi connectivity index (χ1n) is 2.30. The molecule has 0 aromatic carbocycles. The van der Waals surface area contributed by atoms with E-state index in [-0.39, 0.29) is 13.2 Å². The number of methoxy groups -OCH3 is 1. The van der Waals surface area contributed by atoms with E-state index in [1.807, 2.05) is 0 Å². The molecule has 1 atom stereocenters. The lowest BCUT2D eigenvalue weighted by molar-refractivity contribution is -0.00660. The van der Waals surface area contributed by atoms with E-state index in [2.05, 4.69) is 15.5 Å². The average Bonchev–Trinajstić information content (AvgIpc) is 1.68. The number of rotatable bonds is 4. The fraction of sp³-hybridized carbons (Fsp3) is 1.00. The van der Waals surface area contributed by atoms with Crippen LogP contribution < -0.4 is 5.90 Å². The number of aliphatic hydroxyl groups is 1. The molecule has 0 saturated carbocycles.